The van der Waals surface area contributed by atoms with E-state index >= 15 is 0 Å². The van der Waals surface area contributed by atoms with Crippen LogP contribution >= 0.6 is 12.6 Å². The maximum Gasteiger partial charge on any atom is 0.119 e. The minimum Gasteiger partial charge on any atom is -0.494 e. The van der Waals surface area contributed by atoms with Gasteiger partial charge >= 0.3 is 0 Å². The quantitative estimate of drug-likeness (QED) is 0.562. The second kappa shape index (κ2) is 5.92. The molecule has 1 nitrogen and oxygen atoms in total. The molecule has 1 aromatic rings. The molecule has 13 heavy (non-hydrogen) atoms. The molecule has 0 bridgehead atoms. The zero-order valence-corrected chi connectivity index (χ0v) is 8.89. The van der Waals surface area contributed by atoms with Gasteiger partial charge < -0.3 is 4.74 Å². The van der Waals surface area contributed by atoms with Gasteiger partial charge in [-0.3, -0.25) is 0 Å². The van der Waals surface area contributed by atoms with Crippen LogP contribution in [0.2, 0.25) is 0 Å². The zero-order valence-electron chi connectivity index (χ0n) is 7.99. The fraction of sp³-hybridized carbons (Fsp3) is 0.455. The van der Waals surface area contributed by atoms with Gasteiger partial charge in [0, 0.05) is 0 Å². The third kappa shape index (κ3) is 4.23. The highest BCUT2D eigenvalue weighted by atomic mass is 32.1. The maximum absolute atomic E-state index is 5.53. The van der Waals surface area contributed by atoms with Crippen LogP contribution in [-0.2, 0) is 0 Å². The Labute approximate surface area is 85.5 Å². The lowest BCUT2D eigenvalue weighted by Gasteiger charge is -2.05. The number of thiol groups is 1. The minimum atomic E-state index is 0.795. The summed E-state index contributed by atoms with van der Waals surface area (Å²) < 4.78 is 5.53. The molecule has 0 heterocycles. The van der Waals surface area contributed by atoms with Crippen molar-refractivity contribution in [3.05, 3.63) is 29.8 Å². The van der Waals surface area contributed by atoms with Crippen molar-refractivity contribution in [2.75, 3.05) is 12.4 Å². The lowest BCUT2D eigenvalue weighted by molar-refractivity contribution is 0.310. The van der Waals surface area contributed by atoms with Crippen LogP contribution in [0.15, 0.2) is 24.3 Å². The molecule has 0 saturated heterocycles. The highest BCUT2D eigenvalue weighted by Gasteiger charge is 1.92. The Morgan fingerprint density at radius 3 is 2.46 bits per heavy atom. The van der Waals surface area contributed by atoms with Crippen LogP contribution in [0, 0.1) is 6.92 Å². The van der Waals surface area contributed by atoms with E-state index in [9.17, 15) is 0 Å². The average Bonchev–Trinajstić information content (AvgIpc) is 2.15. The number of ether oxygens (including phenoxy) is 1. The summed E-state index contributed by atoms with van der Waals surface area (Å²) in [4.78, 5) is 0. The second-order valence-electron chi connectivity index (χ2n) is 3.09. The van der Waals surface area contributed by atoms with Crippen molar-refractivity contribution in [3.8, 4) is 5.75 Å². The molecular formula is C11H16OS. The summed E-state index contributed by atoms with van der Waals surface area (Å²) in [5.41, 5.74) is 1.27. The van der Waals surface area contributed by atoms with Gasteiger partial charge in [-0.15, -0.1) is 0 Å². The molecule has 0 atom stereocenters. The Morgan fingerprint density at radius 2 is 1.85 bits per heavy atom. The van der Waals surface area contributed by atoms with E-state index in [2.05, 4.69) is 31.7 Å². The van der Waals surface area contributed by atoms with Gasteiger partial charge in [-0.05, 0) is 37.7 Å². The molecule has 0 aliphatic carbocycles. The Balaban J connectivity index is 2.25. The van der Waals surface area contributed by atoms with Crippen LogP contribution in [0.4, 0.5) is 0 Å². The number of hydrogen-bond acceptors (Lipinski definition) is 2. The molecule has 0 unspecified atom stereocenters. The van der Waals surface area contributed by atoms with Gasteiger partial charge in [-0.1, -0.05) is 17.7 Å². The first kappa shape index (κ1) is 10.5. The number of hydrogen-bond donors (Lipinski definition) is 1. The van der Waals surface area contributed by atoms with Crippen molar-refractivity contribution in [1.82, 2.24) is 0 Å². The molecule has 0 fully saturated rings. The van der Waals surface area contributed by atoms with Gasteiger partial charge in [0.15, 0.2) is 0 Å². The molecule has 0 aliphatic rings. The fourth-order valence-corrected chi connectivity index (χ4v) is 1.26. The largest absolute Gasteiger partial charge is 0.494 e. The molecule has 2 heteroatoms. The number of aryl methyl sites for hydroxylation is 1. The Morgan fingerprint density at radius 1 is 1.15 bits per heavy atom. The zero-order chi connectivity index (χ0) is 9.52. The van der Waals surface area contributed by atoms with Gasteiger partial charge in [-0.25, -0.2) is 0 Å². The van der Waals surface area contributed by atoms with E-state index in [1.807, 2.05) is 12.1 Å². The fourth-order valence-electron chi connectivity index (χ4n) is 1.04. The van der Waals surface area contributed by atoms with Gasteiger partial charge in [0.25, 0.3) is 0 Å². The van der Waals surface area contributed by atoms with Gasteiger partial charge in [0.1, 0.15) is 5.75 Å². The lowest BCUT2D eigenvalue weighted by atomic mass is 10.2. The first-order valence-electron chi connectivity index (χ1n) is 4.63. The SMILES string of the molecule is Cc1ccc(OCCCCS)cc1. The third-order valence-corrected chi connectivity index (χ3v) is 2.16. The van der Waals surface area contributed by atoms with E-state index in [0.717, 1.165) is 31.0 Å². The predicted molar refractivity (Wildman–Crippen MR) is 59.8 cm³/mol. The first-order chi connectivity index (χ1) is 6.33. The van der Waals surface area contributed by atoms with Gasteiger partial charge in [0.05, 0.1) is 6.61 Å². The van der Waals surface area contributed by atoms with E-state index in [-0.39, 0.29) is 0 Å². The summed E-state index contributed by atoms with van der Waals surface area (Å²) in [7, 11) is 0. The van der Waals surface area contributed by atoms with Crippen molar-refractivity contribution in [2.24, 2.45) is 0 Å². The first-order valence-corrected chi connectivity index (χ1v) is 5.26. The predicted octanol–water partition coefficient (Wildman–Crippen LogP) is 3.08. The van der Waals surface area contributed by atoms with Crippen molar-refractivity contribution >= 4 is 12.6 Å². The van der Waals surface area contributed by atoms with E-state index < -0.39 is 0 Å². The van der Waals surface area contributed by atoms with Crippen molar-refractivity contribution in [3.63, 3.8) is 0 Å². The van der Waals surface area contributed by atoms with E-state index in [0.29, 0.717) is 0 Å². The molecule has 0 aliphatic heterocycles. The molecular weight excluding hydrogens is 180 g/mol. The second-order valence-corrected chi connectivity index (χ2v) is 3.54. The van der Waals surface area contributed by atoms with Crippen molar-refractivity contribution in [2.45, 2.75) is 19.8 Å². The molecule has 0 aromatic heterocycles. The highest BCUT2D eigenvalue weighted by Crippen LogP contribution is 2.11. The van der Waals surface area contributed by atoms with Crippen LogP contribution in [0.5, 0.6) is 5.75 Å². The molecule has 1 rings (SSSR count). The monoisotopic (exact) mass is 196 g/mol. The topological polar surface area (TPSA) is 9.23 Å². The minimum absolute atomic E-state index is 0.795. The molecule has 0 N–H and O–H groups in total. The Bertz CT molecular complexity index is 230. The van der Waals surface area contributed by atoms with Gasteiger partial charge in [-0.2, -0.15) is 12.6 Å². The molecule has 1 aromatic carbocycles. The molecule has 0 amide bonds. The van der Waals surface area contributed by atoms with Gasteiger partial charge in [0.2, 0.25) is 0 Å². The summed E-state index contributed by atoms with van der Waals surface area (Å²) >= 11 is 4.14. The van der Waals surface area contributed by atoms with Crippen LogP contribution in [0.25, 0.3) is 0 Å². The van der Waals surface area contributed by atoms with Crippen molar-refractivity contribution in [1.29, 1.82) is 0 Å². The third-order valence-electron chi connectivity index (χ3n) is 1.84. The molecule has 0 saturated carbocycles. The molecule has 0 spiro atoms. The Kier molecular flexibility index (Phi) is 4.76. The standard InChI is InChI=1S/C11H16OS/c1-10-4-6-11(7-5-10)12-8-2-3-9-13/h4-7,13H,2-3,8-9H2,1H3. The highest BCUT2D eigenvalue weighted by molar-refractivity contribution is 7.80. The summed E-state index contributed by atoms with van der Waals surface area (Å²) in [6, 6.07) is 8.15. The molecule has 72 valence electrons. The van der Waals surface area contributed by atoms with E-state index in [1.165, 1.54) is 5.56 Å². The summed E-state index contributed by atoms with van der Waals surface area (Å²) in [6.45, 7) is 2.87. The Hall–Kier alpha value is -0.630. The summed E-state index contributed by atoms with van der Waals surface area (Å²) in [5, 5.41) is 0. The van der Waals surface area contributed by atoms with Crippen LogP contribution in [0.3, 0.4) is 0 Å². The van der Waals surface area contributed by atoms with Crippen LogP contribution < -0.4 is 4.74 Å². The number of unbranched alkanes of at least 4 members (excludes halogenated alkanes) is 1. The summed E-state index contributed by atoms with van der Waals surface area (Å²) in [5.74, 6) is 1.90. The molecule has 0 radical (unpaired) electrons. The average molecular weight is 196 g/mol. The number of rotatable bonds is 5. The van der Waals surface area contributed by atoms with Crippen LogP contribution in [-0.4, -0.2) is 12.4 Å². The maximum atomic E-state index is 5.53. The normalized spacial score (nSPS) is 10.0. The summed E-state index contributed by atoms with van der Waals surface area (Å²) in [6.07, 6.45) is 2.20. The van der Waals surface area contributed by atoms with E-state index in [4.69, 9.17) is 4.74 Å². The lowest BCUT2D eigenvalue weighted by Crippen LogP contribution is -1.97. The van der Waals surface area contributed by atoms with E-state index in [1.54, 1.807) is 0 Å². The number of benzene rings is 1. The van der Waals surface area contributed by atoms with Crippen LogP contribution in [0.1, 0.15) is 18.4 Å². The van der Waals surface area contributed by atoms with Crippen molar-refractivity contribution < 1.29 is 4.74 Å². The smallest absolute Gasteiger partial charge is 0.119 e.